The molecule has 0 aliphatic carbocycles. The number of carbonyl (C=O) groups is 3. The van der Waals surface area contributed by atoms with Crippen LogP contribution in [0.3, 0.4) is 0 Å². The number of hydrogen-bond acceptors (Lipinski definition) is 3. The van der Waals surface area contributed by atoms with Crippen molar-refractivity contribution < 1.29 is 24.6 Å². The fourth-order valence-electron chi connectivity index (χ4n) is 1.90. The number of carbonyl (C=O) groups excluding carboxylic acids is 1. The molecule has 0 aliphatic rings. The number of carboxylic acid groups (broad SMARTS) is 2. The van der Waals surface area contributed by atoms with E-state index in [-0.39, 0.29) is 18.9 Å². The predicted octanol–water partition coefficient (Wildman–Crippen LogP) is 1.96. The fraction of sp³-hybridized carbons (Fsp3) is 0.786. The van der Waals surface area contributed by atoms with Crippen molar-refractivity contribution in [3.8, 4) is 0 Å². The Bertz CT molecular complexity index is 346. The molecule has 7 heteroatoms. The van der Waals surface area contributed by atoms with E-state index in [1.807, 2.05) is 6.92 Å². The summed E-state index contributed by atoms with van der Waals surface area (Å²) in [6.07, 6.45) is 4.82. The molecule has 21 heavy (non-hydrogen) atoms. The van der Waals surface area contributed by atoms with Gasteiger partial charge in [-0.3, -0.25) is 4.79 Å². The van der Waals surface area contributed by atoms with Crippen molar-refractivity contribution in [3.63, 3.8) is 0 Å². The third-order valence-corrected chi connectivity index (χ3v) is 3.12. The lowest BCUT2D eigenvalue weighted by Crippen LogP contribution is -2.48. The second-order valence-electron chi connectivity index (χ2n) is 5.19. The van der Waals surface area contributed by atoms with Crippen molar-refractivity contribution in [3.05, 3.63) is 0 Å². The Morgan fingerprint density at radius 1 is 1.00 bits per heavy atom. The lowest BCUT2D eigenvalue weighted by atomic mass is 10.1. The van der Waals surface area contributed by atoms with Crippen LogP contribution in [0.2, 0.25) is 0 Å². The summed E-state index contributed by atoms with van der Waals surface area (Å²) >= 11 is 0. The molecule has 0 aliphatic heterocycles. The van der Waals surface area contributed by atoms with Crippen molar-refractivity contribution in [1.29, 1.82) is 0 Å². The molecule has 7 nitrogen and oxygen atoms in total. The van der Waals surface area contributed by atoms with Gasteiger partial charge in [-0.15, -0.1) is 0 Å². The first kappa shape index (κ1) is 19.2. The van der Waals surface area contributed by atoms with Gasteiger partial charge in [-0.25, -0.2) is 9.59 Å². The topological polar surface area (TPSA) is 116 Å². The molecule has 2 amide bonds. The second kappa shape index (κ2) is 10.9. The molecule has 0 aromatic heterocycles. The summed E-state index contributed by atoms with van der Waals surface area (Å²) in [6.45, 7) is 3.98. The van der Waals surface area contributed by atoms with Gasteiger partial charge < -0.3 is 20.8 Å². The van der Waals surface area contributed by atoms with Gasteiger partial charge in [0.2, 0.25) is 0 Å². The Hall–Kier alpha value is -1.79. The Kier molecular flexibility index (Phi) is 10.0. The standard InChI is InChI=1S/C14H26N2O5/c1-3-4-5-6-7-10(2)15-14(21)16-11(13(19)20)8-9-12(17)18/h10-11H,3-9H2,1-2H3,(H,17,18)(H,19,20)(H2,15,16,21). The molecule has 0 fully saturated rings. The fourth-order valence-corrected chi connectivity index (χ4v) is 1.90. The average Bonchev–Trinajstić information content (AvgIpc) is 2.39. The molecular formula is C14H26N2O5. The summed E-state index contributed by atoms with van der Waals surface area (Å²) in [5.41, 5.74) is 0. The Labute approximate surface area is 125 Å². The monoisotopic (exact) mass is 302 g/mol. The number of urea groups is 1. The average molecular weight is 302 g/mol. The molecule has 2 unspecified atom stereocenters. The molecule has 0 radical (unpaired) electrons. The SMILES string of the molecule is CCCCCCC(C)NC(=O)NC(CCC(=O)O)C(=O)O. The third kappa shape index (κ3) is 10.6. The number of hydrogen-bond donors (Lipinski definition) is 4. The molecule has 0 bridgehead atoms. The van der Waals surface area contributed by atoms with E-state index in [4.69, 9.17) is 10.2 Å². The first-order chi connectivity index (χ1) is 9.86. The smallest absolute Gasteiger partial charge is 0.326 e. The number of carboxylic acids is 2. The molecule has 0 spiro atoms. The van der Waals surface area contributed by atoms with Gasteiger partial charge in [-0.05, 0) is 19.8 Å². The van der Waals surface area contributed by atoms with Crippen molar-refractivity contribution in [1.82, 2.24) is 10.6 Å². The summed E-state index contributed by atoms with van der Waals surface area (Å²) in [5.74, 6) is -2.32. The Balaban J connectivity index is 4.06. The number of unbranched alkanes of at least 4 members (excludes halogenated alkanes) is 3. The van der Waals surface area contributed by atoms with Crippen LogP contribution >= 0.6 is 0 Å². The highest BCUT2D eigenvalue weighted by atomic mass is 16.4. The number of amides is 2. The van der Waals surface area contributed by atoms with Crippen LogP contribution in [0.4, 0.5) is 4.79 Å². The van der Waals surface area contributed by atoms with E-state index in [0.717, 1.165) is 32.1 Å². The summed E-state index contributed by atoms with van der Waals surface area (Å²) in [6, 6.07) is -1.81. The lowest BCUT2D eigenvalue weighted by Gasteiger charge is -2.18. The molecule has 2 atom stereocenters. The van der Waals surface area contributed by atoms with E-state index in [9.17, 15) is 14.4 Å². The largest absolute Gasteiger partial charge is 0.481 e. The number of nitrogens with one attached hydrogen (secondary N) is 2. The quantitative estimate of drug-likeness (QED) is 0.435. The van der Waals surface area contributed by atoms with Crippen molar-refractivity contribution in [2.45, 2.75) is 70.9 Å². The molecule has 0 saturated heterocycles. The van der Waals surface area contributed by atoms with Crippen LogP contribution in [0.25, 0.3) is 0 Å². The Morgan fingerprint density at radius 2 is 1.67 bits per heavy atom. The van der Waals surface area contributed by atoms with Crippen LogP contribution in [0.1, 0.15) is 58.8 Å². The summed E-state index contributed by atoms with van der Waals surface area (Å²) < 4.78 is 0. The van der Waals surface area contributed by atoms with Crippen LogP contribution < -0.4 is 10.6 Å². The maximum atomic E-state index is 11.7. The van der Waals surface area contributed by atoms with Gasteiger partial charge in [0.15, 0.2) is 0 Å². The first-order valence-electron chi connectivity index (χ1n) is 7.38. The molecule has 122 valence electrons. The summed E-state index contributed by atoms with van der Waals surface area (Å²) in [4.78, 5) is 33.1. The van der Waals surface area contributed by atoms with E-state index in [1.165, 1.54) is 0 Å². The molecule has 0 aromatic carbocycles. The van der Waals surface area contributed by atoms with E-state index in [2.05, 4.69) is 17.6 Å². The highest BCUT2D eigenvalue weighted by Gasteiger charge is 2.21. The van der Waals surface area contributed by atoms with E-state index in [1.54, 1.807) is 0 Å². The Morgan fingerprint density at radius 3 is 2.19 bits per heavy atom. The zero-order valence-corrected chi connectivity index (χ0v) is 12.7. The number of aliphatic carboxylic acids is 2. The first-order valence-corrected chi connectivity index (χ1v) is 7.38. The van der Waals surface area contributed by atoms with Crippen molar-refractivity contribution in [2.24, 2.45) is 0 Å². The van der Waals surface area contributed by atoms with Gasteiger partial charge >= 0.3 is 18.0 Å². The van der Waals surface area contributed by atoms with E-state index >= 15 is 0 Å². The highest BCUT2D eigenvalue weighted by molar-refractivity contribution is 5.83. The van der Waals surface area contributed by atoms with Gasteiger partial charge in [0.05, 0.1) is 0 Å². The van der Waals surface area contributed by atoms with E-state index < -0.39 is 24.0 Å². The molecule has 0 saturated carbocycles. The van der Waals surface area contributed by atoms with Gasteiger partial charge in [0.25, 0.3) is 0 Å². The van der Waals surface area contributed by atoms with Gasteiger partial charge in [-0.2, -0.15) is 0 Å². The minimum atomic E-state index is -1.23. The number of rotatable bonds is 11. The van der Waals surface area contributed by atoms with Crippen molar-refractivity contribution in [2.75, 3.05) is 0 Å². The van der Waals surface area contributed by atoms with Gasteiger partial charge in [-0.1, -0.05) is 32.6 Å². The van der Waals surface area contributed by atoms with Gasteiger partial charge in [0, 0.05) is 12.5 Å². The summed E-state index contributed by atoms with van der Waals surface area (Å²) in [5, 5.41) is 22.4. The van der Waals surface area contributed by atoms with Crippen LogP contribution in [-0.4, -0.2) is 40.3 Å². The summed E-state index contributed by atoms with van der Waals surface area (Å²) in [7, 11) is 0. The van der Waals surface area contributed by atoms with Crippen LogP contribution in [0.15, 0.2) is 0 Å². The normalized spacial score (nSPS) is 13.2. The molecule has 0 rings (SSSR count). The van der Waals surface area contributed by atoms with Crippen LogP contribution in [-0.2, 0) is 9.59 Å². The van der Waals surface area contributed by atoms with E-state index in [0.29, 0.717) is 0 Å². The second-order valence-corrected chi connectivity index (χ2v) is 5.19. The molecule has 0 aromatic rings. The lowest BCUT2D eigenvalue weighted by molar-refractivity contribution is -0.140. The van der Waals surface area contributed by atoms with Crippen LogP contribution in [0.5, 0.6) is 0 Å². The van der Waals surface area contributed by atoms with Crippen LogP contribution in [0, 0.1) is 0 Å². The maximum absolute atomic E-state index is 11.7. The van der Waals surface area contributed by atoms with Crippen molar-refractivity contribution >= 4 is 18.0 Å². The minimum Gasteiger partial charge on any atom is -0.481 e. The zero-order valence-electron chi connectivity index (χ0n) is 12.7. The third-order valence-electron chi connectivity index (χ3n) is 3.12. The zero-order chi connectivity index (χ0) is 16.3. The minimum absolute atomic E-state index is 0.0456. The molecule has 4 N–H and O–H groups in total. The highest BCUT2D eigenvalue weighted by Crippen LogP contribution is 2.05. The molecular weight excluding hydrogens is 276 g/mol. The van der Waals surface area contributed by atoms with Gasteiger partial charge in [0.1, 0.15) is 6.04 Å². The predicted molar refractivity (Wildman–Crippen MR) is 78.2 cm³/mol. The molecule has 0 heterocycles. The maximum Gasteiger partial charge on any atom is 0.326 e.